The SMILES string of the molecule is Cc1cc(C)n(Cc2cccc(CNC(=O)C3CC(=O)N(C4CCCC4)C3)c2)n1. The summed E-state index contributed by atoms with van der Waals surface area (Å²) in [6.45, 7) is 5.83. The molecule has 1 saturated heterocycles. The molecule has 0 radical (unpaired) electrons. The largest absolute Gasteiger partial charge is 0.352 e. The van der Waals surface area contributed by atoms with Gasteiger partial charge in [0.1, 0.15) is 0 Å². The Hall–Kier alpha value is -2.63. The second-order valence-electron chi connectivity index (χ2n) is 8.51. The third kappa shape index (κ3) is 4.52. The average Bonchev–Trinajstić information content (AvgIpc) is 3.41. The second-order valence-corrected chi connectivity index (χ2v) is 8.51. The van der Waals surface area contributed by atoms with Crippen LogP contribution in [0.5, 0.6) is 0 Å². The van der Waals surface area contributed by atoms with Gasteiger partial charge in [0.05, 0.1) is 18.2 Å². The Morgan fingerprint density at radius 3 is 2.66 bits per heavy atom. The number of likely N-dealkylation sites (tertiary alicyclic amines) is 1. The molecular formula is C23H30N4O2. The Kier molecular flexibility index (Phi) is 5.69. The van der Waals surface area contributed by atoms with Crippen molar-refractivity contribution in [2.24, 2.45) is 5.92 Å². The number of carbonyl (C=O) groups excluding carboxylic acids is 2. The predicted molar refractivity (Wildman–Crippen MR) is 111 cm³/mol. The highest BCUT2D eigenvalue weighted by Crippen LogP contribution is 2.29. The fourth-order valence-electron chi connectivity index (χ4n) is 4.66. The summed E-state index contributed by atoms with van der Waals surface area (Å²) in [5.74, 6) is -0.0901. The molecule has 2 amide bonds. The van der Waals surface area contributed by atoms with Crippen LogP contribution in [0, 0.1) is 19.8 Å². The number of carbonyl (C=O) groups is 2. The number of nitrogens with zero attached hydrogens (tertiary/aromatic N) is 3. The van der Waals surface area contributed by atoms with E-state index in [1.165, 1.54) is 12.8 Å². The molecule has 1 aromatic heterocycles. The lowest BCUT2D eigenvalue weighted by Gasteiger charge is -2.23. The molecule has 4 rings (SSSR count). The van der Waals surface area contributed by atoms with E-state index in [9.17, 15) is 9.59 Å². The summed E-state index contributed by atoms with van der Waals surface area (Å²) in [5, 5.41) is 7.56. The van der Waals surface area contributed by atoms with Gasteiger partial charge in [-0.15, -0.1) is 0 Å². The Labute approximate surface area is 172 Å². The number of aromatic nitrogens is 2. The molecule has 29 heavy (non-hydrogen) atoms. The highest BCUT2D eigenvalue weighted by molar-refractivity contribution is 5.89. The minimum absolute atomic E-state index is 0.0113. The van der Waals surface area contributed by atoms with E-state index in [0.29, 0.717) is 25.6 Å². The molecule has 1 aliphatic carbocycles. The van der Waals surface area contributed by atoms with Crippen LogP contribution in [0.1, 0.15) is 54.6 Å². The van der Waals surface area contributed by atoms with Crippen molar-refractivity contribution in [3.63, 3.8) is 0 Å². The van der Waals surface area contributed by atoms with Crippen molar-refractivity contribution in [3.8, 4) is 0 Å². The number of amides is 2. The van der Waals surface area contributed by atoms with Crippen molar-refractivity contribution in [3.05, 3.63) is 52.8 Å². The van der Waals surface area contributed by atoms with Gasteiger partial charge in [-0.3, -0.25) is 14.3 Å². The fraction of sp³-hybridized carbons (Fsp3) is 0.522. The van der Waals surface area contributed by atoms with Gasteiger partial charge < -0.3 is 10.2 Å². The van der Waals surface area contributed by atoms with E-state index in [0.717, 1.165) is 41.9 Å². The maximum Gasteiger partial charge on any atom is 0.225 e. The maximum atomic E-state index is 12.6. The van der Waals surface area contributed by atoms with Gasteiger partial charge in [-0.1, -0.05) is 37.1 Å². The van der Waals surface area contributed by atoms with Crippen LogP contribution in [0.4, 0.5) is 0 Å². The van der Waals surface area contributed by atoms with Crippen molar-refractivity contribution in [2.75, 3.05) is 6.54 Å². The number of hydrogen-bond donors (Lipinski definition) is 1. The lowest BCUT2D eigenvalue weighted by molar-refractivity contribution is -0.130. The first kappa shape index (κ1) is 19.7. The van der Waals surface area contributed by atoms with Crippen molar-refractivity contribution < 1.29 is 9.59 Å². The molecule has 2 fully saturated rings. The molecule has 2 heterocycles. The van der Waals surface area contributed by atoms with Crippen LogP contribution in [0.2, 0.25) is 0 Å². The topological polar surface area (TPSA) is 67.2 Å². The minimum Gasteiger partial charge on any atom is -0.352 e. The lowest BCUT2D eigenvalue weighted by Crippen LogP contribution is -2.36. The van der Waals surface area contributed by atoms with Crippen molar-refractivity contribution >= 4 is 11.8 Å². The van der Waals surface area contributed by atoms with Crippen molar-refractivity contribution in [1.29, 1.82) is 0 Å². The summed E-state index contributed by atoms with van der Waals surface area (Å²) in [6.07, 6.45) is 4.91. The van der Waals surface area contributed by atoms with Gasteiger partial charge in [0, 0.05) is 31.2 Å². The van der Waals surface area contributed by atoms with Gasteiger partial charge in [-0.25, -0.2) is 0 Å². The summed E-state index contributed by atoms with van der Waals surface area (Å²) in [6, 6.07) is 10.7. The van der Waals surface area contributed by atoms with E-state index in [1.807, 2.05) is 28.6 Å². The van der Waals surface area contributed by atoms with Gasteiger partial charge >= 0.3 is 0 Å². The van der Waals surface area contributed by atoms with E-state index in [1.54, 1.807) is 0 Å². The molecule has 1 saturated carbocycles. The molecule has 1 unspecified atom stereocenters. The molecular weight excluding hydrogens is 364 g/mol. The standard InChI is InChI=1S/C23H30N4O2/c1-16-10-17(2)27(25-16)14-19-7-5-6-18(11-19)13-24-23(29)20-12-22(28)26(15-20)21-8-3-4-9-21/h5-7,10-11,20-21H,3-4,8-9,12-15H2,1-2H3,(H,24,29). The summed E-state index contributed by atoms with van der Waals surface area (Å²) in [4.78, 5) is 26.9. The van der Waals surface area contributed by atoms with E-state index < -0.39 is 0 Å². The zero-order valence-electron chi connectivity index (χ0n) is 17.4. The Morgan fingerprint density at radius 1 is 1.17 bits per heavy atom. The van der Waals surface area contributed by atoms with Crippen LogP contribution >= 0.6 is 0 Å². The van der Waals surface area contributed by atoms with Gasteiger partial charge in [0.25, 0.3) is 0 Å². The smallest absolute Gasteiger partial charge is 0.225 e. The third-order valence-electron chi connectivity index (χ3n) is 6.19. The molecule has 2 aromatic rings. The molecule has 154 valence electrons. The number of nitrogens with one attached hydrogen (secondary N) is 1. The average molecular weight is 395 g/mol. The summed E-state index contributed by atoms with van der Waals surface area (Å²) < 4.78 is 1.99. The Morgan fingerprint density at radius 2 is 1.93 bits per heavy atom. The fourth-order valence-corrected chi connectivity index (χ4v) is 4.66. The third-order valence-corrected chi connectivity index (χ3v) is 6.19. The molecule has 0 bridgehead atoms. The number of aryl methyl sites for hydroxylation is 2. The molecule has 0 spiro atoms. The Balaban J connectivity index is 1.32. The van der Waals surface area contributed by atoms with Crippen LogP contribution in [-0.2, 0) is 22.7 Å². The van der Waals surface area contributed by atoms with Gasteiger partial charge in [0.2, 0.25) is 11.8 Å². The van der Waals surface area contributed by atoms with Crippen LogP contribution in [0.15, 0.2) is 30.3 Å². The summed E-state index contributed by atoms with van der Waals surface area (Å²) >= 11 is 0. The van der Waals surface area contributed by atoms with E-state index in [2.05, 4.69) is 35.5 Å². The Bertz CT molecular complexity index is 898. The zero-order valence-corrected chi connectivity index (χ0v) is 17.4. The quantitative estimate of drug-likeness (QED) is 0.819. The molecule has 1 aromatic carbocycles. The van der Waals surface area contributed by atoms with E-state index >= 15 is 0 Å². The summed E-state index contributed by atoms with van der Waals surface area (Å²) in [7, 11) is 0. The van der Waals surface area contributed by atoms with Crippen LogP contribution in [0.25, 0.3) is 0 Å². The zero-order chi connectivity index (χ0) is 20.4. The van der Waals surface area contributed by atoms with Crippen molar-refractivity contribution in [1.82, 2.24) is 20.0 Å². The maximum absolute atomic E-state index is 12.6. The molecule has 1 atom stereocenters. The van der Waals surface area contributed by atoms with Crippen LogP contribution in [-0.4, -0.2) is 39.1 Å². The first-order chi connectivity index (χ1) is 14.0. The highest BCUT2D eigenvalue weighted by atomic mass is 16.2. The van der Waals surface area contributed by atoms with Gasteiger partial charge in [-0.2, -0.15) is 5.10 Å². The molecule has 2 aliphatic rings. The first-order valence-corrected chi connectivity index (χ1v) is 10.7. The van der Waals surface area contributed by atoms with E-state index in [4.69, 9.17) is 0 Å². The van der Waals surface area contributed by atoms with Crippen molar-refractivity contribution in [2.45, 2.75) is 65.1 Å². The lowest BCUT2D eigenvalue weighted by atomic mass is 10.1. The van der Waals surface area contributed by atoms with Gasteiger partial charge in [0.15, 0.2) is 0 Å². The van der Waals surface area contributed by atoms with Crippen LogP contribution in [0.3, 0.4) is 0 Å². The first-order valence-electron chi connectivity index (χ1n) is 10.7. The summed E-state index contributed by atoms with van der Waals surface area (Å²) in [5.41, 5.74) is 4.38. The highest BCUT2D eigenvalue weighted by Gasteiger charge is 2.38. The molecule has 6 nitrogen and oxygen atoms in total. The second kappa shape index (κ2) is 8.39. The predicted octanol–water partition coefficient (Wildman–Crippen LogP) is 2.96. The molecule has 1 aliphatic heterocycles. The molecule has 1 N–H and O–H groups in total. The normalized spacial score (nSPS) is 19.9. The van der Waals surface area contributed by atoms with Gasteiger partial charge in [-0.05, 0) is 43.9 Å². The number of hydrogen-bond acceptors (Lipinski definition) is 3. The molecule has 6 heteroatoms. The minimum atomic E-state index is -0.221. The monoisotopic (exact) mass is 394 g/mol. The number of rotatable bonds is 6. The van der Waals surface area contributed by atoms with Crippen LogP contribution < -0.4 is 5.32 Å². The number of benzene rings is 1. The van der Waals surface area contributed by atoms with E-state index in [-0.39, 0.29) is 17.7 Å².